The highest BCUT2D eigenvalue weighted by atomic mass is 16.5. The van der Waals surface area contributed by atoms with Gasteiger partial charge in [0.2, 0.25) is 0 Å². The molecule has 0 atom stereocenters. The molecular weight excluding hydrogens is 386 g/mol. The van der Waals surface area contributed by atoms with Gasteiger partial charge in [0.15, 0.2) is 17.5 Å². The summed E-state index contributed by atoms with van der Waals surface area (Å²) in [6.45, 7) is 3.69. The highest BCUT2D eigenvalue weighted by Crippen LogP contribution is 2.35. The third-order valence-electron chi connectivity index (χ3n) is 4.48. The van der Waals surface area contributed by atoms with Crippen molar-refractivity contribution >= 4 is 5.96 Å². The normalized spacial score (nSPS) is 10.9. The van der Waals surface area contributed by atoms with Gasteiger partial charge in [0, 0.05) is 36.3 Å². The van der Waals surface area contributed by atoms with Crippen LogP contribution in [0, 0.1) is 0 Å². The summed E-state index contributed by atoms with van der Waals surface area (Å²) >= 11 is 0. The van der Waals surface area contributed by atoms with Gasteiger partial charge in [-0.2, -0.15) is 0 Å². The van der Waals surface area contributed by atoms with Crippen LogP contribution in [0.15, 0.2) is 35.3 Å². The van der Waals surface area contributed by atoms with E-state index in [2.05, 4.69) is 15.6 Å². The third-order valence-corrected chi connectivity index (χ3v) is 4.48. The minimum absolute atomic E-state index is 0.401. The van der Waals surface area contributed by atoms with E-state index in [1.54, 1.807) is 41.6 Å². The Labute approximate surface area is 178 Å². The number of hydrogen-bond donors (Lipinski definition) is 2. The van der Waals surface area contributed by atoms with E-state index in [0.29, 0.717) is 36.3 Å². The molecule has 0 aliphatic heterocycles. The van der Waals surface area contributed by atoms with Gasteiger partial charge in [0.25, 0.3) is 0 Å². The Morgan fingerprint density at radius 2 is 1.37 bits per heavy atom. The molecule has 0 bridgehead atoms. The number of nitrogens with one attached hydrogen (secondary N) is 2. The number of ether oxygens (including phenoxy) is 5. The lowest BCUT2D eigenvalue weighted by atomic mass is 10.1. The van der Waals surface area contributed by atoms with Gasteiger partial charge in [-0.15, -0.1) is 0 Å². The number of benzene rings is 2. The topological polar surface area (TPSA) is 82.6 Å². The Balaban J connectivity index is 2.19. The number of aliphatic imine (C=N–C) groups is 1. The first kappa shape index (κ1) is 23.0. The molecule has 30 heavy (non-hydrogen) atoms. The van der Waals surface area contributed by atoms with Crippen LogP contribution >= 0.6 is 0 Å². The molecule has 0 heterocycles. The Morgan fingerprint density at radius 3 is 1.97 bits per heavy atom. The van der Waals surface area contributed by atoms with Crippen molar-refractivity contribution in [3.8, 4) is 28.7 Å². The monoisotopic (exact) mass is 417 g/mol. The fourth-order valence-corrected chi connectivity index (χ4v) is 2.90. The van der Waals surface area contributed by atoms with Crippen molar-refractivity contribution in [3.63, 3.8) is 0 Å². The SMILES string of the molecule is CCNC(=NCc1cc(OC)c(OC)cc1OC)NCc1ccc(OC)cc1OC. The predicted molar refractivity (Wildman–Crippen MR) is 117 cm³/mol. The highest BCUT2D eigenvalue weighted by Gasteiger charge is 2.12. The van der Waals surface area contributed by atoms with Crippen molar-refractivity contribution in [2.45, 2.75) is 20.0 Å². The van der Waals surface area contributed by atoms with Crippen molar-refractivity contribution in [2.75, 3.05) is 42.1 Å². The maximum Gasteiger partial charge on any atom is 0.191 e. The second-order valence-electron chi connectivity index (χ2n) is 6.25. The minimum atomic E-state index is 0.401. The number of nitrogens with zero attached hydrogens (tertiary/aromatic N) is 1. The van der Waals surface area contributed by atoms with E-state index in [1.165, 1.54) is 0 Å². The van der Waals surface area contributed by atoms with Gasteiger partial charge in [-0.05, 0) is 25.1 Å². The summed E-state index contributed by atoms with van der Waals surface area (Å²) in [5, 5.41) is 6.58. The molecule has 0 fully saturated rings. The molecule has 0 saturated heterocycles. The number of rotatable bonds is 10. The van der Waals surface area contributed by atoms with Crippen LogP contribution in [-0.4, -0.2) is 48.1 Å². The van der Waals surface area contributed by atoms with Gasteiger partial charge >= 0.3 is 0 Å². The fraction of sp³-hybridized carbons (Fsp3) is 0.409. The average molecular weight is 418 g/mol. The van der Waals surface area contributed by atoms with Gasteiger partial charge in [-0.25, -0.2) is 4.99 Å². The second kappa shape index (κ2) is 11.6. The van der Waals surface area contributed by atoms with E-state index in [1.807, 2.05) is 31.2 Å². The smallest absolute Gasteiger partial charge is 0.191 e. The summed E-state index contributed by atoms with van der Waals surface area (Å²) in [5.41, 5.74) is 1.88. The van der Waals surface area contributed by atoms with Gasteiger partial charge in [0.1, 0.15) is 17.2 Å². The molecule has 0 unspecified atom stereocenters. The van der Waals surface area contributed by atoms with E-state index < -0.39 is 0 Å². The zero-order valence-electron chi connectivity index (χ0n) is 18.5. The maximum atomic E-state index is 5.49. The van der Waals surface area contributed by atoms with Crippen molar-refractivity contribution in [1.82, 2.24) is 10.6 Å². The Morgan fingerprint density at radius 1 is 0.733 bits per heavy atom. The molecule has 0 aromatic heterocycles. The molecule has 0 aliphatic carbocycles. The zero-order valence-corrected chi connectivity index (χ0v) is 18.5. The summed E-state index contributed by atoms with van der Waals surface area (Å²) in [6.07, 6.45) is 0. The average Bonchev–Trinajstić information content (AvgIpc) is 2.79. The molecule has 164 valence electrons. The van der Waals surface area contributed by atoms with Gasteiger partial charge in [0.05, 0.1) is 42.1 Å². The number of hydrogen-bond acceptors (Lipinski definition) is 6. The molecule has 0 aliphatic rings. The quantitative estimate of drug-likeness (QED) is 0.454. The first-order valence-corrected chi connectivity index (χ1v) is 9.62. The van der Waals surface area contributed by atoms with Crippen molar-refractivity contribution in [2.24, 2.45) is 4.99 Å². The van der Waals surface area contributed by atoms with E-state index in [0.717, 1.165) is 29.2 Å². The van der Waals surface area contributed by atoms with Crippen LogP contribution in [0.3, 0.4) is 0 Å². The van der Waals surface area contributed by atoms with E-state index >= 15 is 0 Å². The van der Waals surface area contributed by atoms with Crippen molar-refractivity contribution in [1.29, 1.82) is 0 Å². The lowest BCUT2D eigenvalue weighted by molar-refractivity contribution is 0.347. The third kappa shape index (κ3) is 5.85. The molecule has 0 saturated carbocycles. The van der Waals surface area contributed by atoms with Gasteiger partial charge in [-0.1, -0.05) is 0 Å². The van der Waals surface area contributed by atoms with Crippen LogP contribution in [-0.2, 0) is 13.1 Å². The molecule has 0 radical (unpaired) electrons. The summed E-state index contributed by atoms with van der Waals surface area (Å²) in [7, 11) is 8.08. The maximum absolute atomic E-state index is 5.49. The lowest BCUT2D eigenvalue weighted by Crippen LogP contribution is -2.36. The molecule has 8 nitrogen and oxygen atoms in total. The lowest BCUT2D eigenvalue weighted by Gasteiger charge is -2.15. The van der Waals surface area contributed by atoms with Crippen molar-refractivity contribution < 1.29 is 23.7 Å². The standard InChI is InChI=1S/C22H31N3O5/c1-7-23-22(24-13-15-8-9-17(26-2)11-18(15)27-3)25-14-16-10-20(29-5)21(30-6)12-19(16)28-4/h8-12H,7,13-14H2,1-6H3,(H2,23,24,25). The first-order valence-electron chi connectivity index (χ1n) is 9.62. The Kier molecular flexibility index (Phi) is 8.93. The molecule has 2 aromatic rings. The Bertz CT molecular complexity index is 855. The minimum Gasteiger partial charge on any atom is -0.497 e. The number of methoxy groups -OCH3 is 5. The summed E-state index contributed by atoms with van der Waals surface area (Å²) in [6, 6.07) is 9.39. The molecule has 2 aromatic carbocycles. The van der Waals surface area contributed by atoms with Crippen LogP contribution in [0.2, 0.25) is 0 Å². The Hall–Kier alpha value is -3.29. The van der Waals surface area contributed by atoms with E-state index in [9.17, 15) is 0 Å². The summed E-state index contributed by atoms with van der Waals surface area (Å²) < 4.78 is 26.9. The molecule has 0 amide bonds. The van der Waals surface area contributed by atoms with Crippen LogP contribution in [0.4, 0.5) is 0 Å². The van der Waals surface area contributed by atoms with E-state index in [4.69, 9.17) is 23.7 Å². The van der Waals surface area contributed by atoms with Crippen LogP contribution < -0.4 is 34.3 Å². The zero-order chi connectivity index (χ0) is 21.9. The predicted octanol–water partition coefficient (Wildman–Crippen LogP) is 2.98. The molecule has 8 heteroatoms. The first-order chi connectivity index (χ1) is 14.6. The molecular formula is C22H31N3O5. The highest BCUT2D eigenvalue weighted by molar-refractivity contribution is 5.79. The van der Waals surface area contributed by atoms with Gasteiger partial charge < -0.3 is 34.3 Å². The van der Waals surface area contributed by atoms with Crippen LogP contribution in [0.25, 0.3) is 0 Å². The van der Waals surface area contributed by atoms with Crippen molar-refractivity contribution in [3.05, 3.63) is 41.5 Å². The van der Waals surface area contributed by atoms with Crippen LogP contribution in [0.5, 0.6) is 28.7 Å². The van der Waals surface area contributed by atoms with Gasteiger partial charge in [-0.3, -0.25) is 0 Å². The molecule has 0 spiro atoms. The number of guanidine groups is 1. The summed E-state index contributed by atoms with van der Waals surface area (Å²) in [4.78, 5) is 4.68. The largest absolute Gasteiger partial charge is 0.497 e. The molecule has 2 N–H and O–H groups in total. The summed E-state index contributed by atoms with van der Waals surface area (Å²) in [5.74, 6) is 4.09. The molecule has 2 rings (SSSR count). The fourth-order valence-electron chi connectivity index (χ4n) is 2.90. The van der Waals surface area contributed by atoms with E-state index in [-0.39, 0.29) is 0 Å². The van der Waals surface area contributed by atoms with Crippen LogP contribution in [0.1, 0.15) is 18.1 Å². The second-order valence-corrected chi connectivity index (χ2v) is 6.25.